The van der Waals surface area contributed by atoms with Crippen molar-refractivity contribution in [1.29, 1.82) is 0 Å². The number of carbonyl (C=O) groups excluding carboxylic acids is 2. The summed E-state index contributed by atoms with van der Waals surface area (Å²) in [5.74, 6) is -0.397. The molecule has 1 fully saturated rings. The molecular formula is C19H24N3O3+. The minimum atomic E-state index is -0.384. The maximum atomic E-state index is 12.4. The minimum Gasteiger partial charge on any atom is -0.465 e. The third-order valence-corrected chi connectivity index (χ3v) is 4.80. The van der Waals surface area contributed by atoms with Crippen LogP contribution in [0, 0.1) is 0 Å². The Hall–Kier alpha value is -2.60. The maximum Gasteiger partial charge on any atom is 0.337 e. The van der Waals surface area contributed by atoms with Crippen LogP contribution in [-0.2, 0) is 16.6 Å². The number of hydrogen-bond donors (Lipinski definition) is 2. The molecule has 0 aliphatic carbocycles. The first kappa shape index (κ1) is 17.2. The van der Waals surface area contributed by atoms with Gasteiger partial charge in [-0.15, -0.1) is 0 Å². The maximum absolute atomic E-state index is 12.4. The fourth-order valence-corrected chi connectivity index (χ4v) is 3.54. The molecule has 0 radical (unpaired) electrons. The van der Waals surface area contributed by atoms with Crippen LogP contribution in [0.5, 0.6) is 0 Å². The molecule has 2 heterocycles. The molecule has 3 rings (SSSR count). The van der Waals surface area contributed by atoms with Crippen LogP contribution in [0.15, 0.2) is 42.6 Å². The highest BCUT2D eigenvalue weighted by Crippen LogP contribution is 2.19. The molecule has 25 heavy (non-hydrogen) atoms. The van der Waals surface area contributed by atoms with Crippen LogP contribution in [0.25, 0.3) is 0 Å². The van der Waals surface area contributed by atoms with E-state index in [2.05, 4.69) is 20.7 Å². The van der Waals surface area contributed by atoms with Crippen LogP contribution in [-0.4, -0.2) is 36.6 Å². The number of nitrogens with zero attached hydrogens (tertiary/aromatic N) is 1. The average molecular weight is 342 g/mol. The van der Waals surface area contributed by atoms with Gasteiger partial charge in [-0.1, -0.05) is 0 Å². The second-order valence-electron chi connectivity index (χ2n) is 6.44. The molecule has 1 amide bonds. The van der Waals surface area contributed by atoms with Crippen molar-refractivity contribution in [1.82, 2.24) is 4.57 Å². The van der Waals surface area contributed by atoms with Crippen LogP contribution in [0.1, 0.15) is 34.9 Å². The number of quaternary nitrogens is 1. The number of methoxy groups -OCH3 is 1. The first-order valence-electron chi connectivity index (χ1n) is 8.52. The van der Waals surface area contributed by atoms with Crippen molar-refractivity contribution >= 4 is 17.6 Å². The third-order valence-electron chi connectivity index (χ3n) is 4.80. The first-order valence-corrected chi connectivity index (χ1v) is 8.52. The van der Waals surface area contributed by atoms with E-state index in [0.717, 1.165) is 19.4 Å². The number of aryl methyl sites for hydroxylation is 1. The summed E-state index contributed by atoms with van der Waals surface area (Å²) in [6.45, 7) is 1.44. The van der Waals surface area contributed by atoms with Crippen molar-refractivity contribution in [2.75, 3.05) is 25.5 Å². The normalized spacial score (nSPS) is 19.6. The number of carbonyl (C=O) groups is 2. The smallest absolute Gasteiger partial charge is 0.337 e. The van der Waals surface area contributed by atoms with Gasteiger partial charge in [0.05, 0.1) is 24.9 Å². The van der Waals surface area contributed by atoms with Gasteiger partial charge in [-0.3, -0.25) is 4.79 Å². The molecule has 0 spiro atoms. The Labute approximate surface area is 147 Å². The van der Waals surface area contributed by atoms with Crippen molar-refractivity contribution < 1.29 is 19.2 Å². The number of anilines is 1. The van der Waals surface area contributed by atoms with Crippen molar-refractivity contribution in [2.24, 2.45) is 7.05 Å². The summed E-state index contributed by atoms with van der Waals surface area (Å²) in [4.78, 5) is 25.1. The van der Waals surface area contributed by atoms with E-state index < -0.39 is 0 Å². The summed E-state index contributed by atoms with van der Waals surface area (Å²) < 4.78 is 6.81. The standard InChI is InChI=1S/C19H23N3O3/c1-21-11-3-5-16(21)17-6-4-12-22(17)13-18(23)20-15-9-7-14(8-10-15)19(24)25-2/h3,5,7-11,17H,4,6,12-13H2,1-2H3,(H,20,23)/p+1/t17-/m1/s1. The molecule has 1 aromatic heterocycles. The van der Waals surface area contributed by atoms with Crippen molar-refractivity contribution in [3.63, 3.8) is 0 Å². The lowest BCUT2D eigenvalue weighted by Gasteiger charge is -2.21. The van der Waals surface area contributed by atoms with E-state index in [1.165, 1.54) is 17.7 Å². The number of likely N-dealkylation sites (tertiary alicyclic amines) is 1. The Morgan fingerprint density at radius 1 is 1.28 bits per heavy atom. The summed E-state index contributed by atoms with van der Waals surface area (Å²) in [6.07, 6.45) is 4.29. The number of nitrogens with one attached hydrogen (secondary N) is 2. The molecule has 0 saturated carbocycles. The average Bonchev–Trinajstić information content (AvgIpc) is 3.23. The topological polar surface area (TPSA) is 64.8 Å². The summed E-state index contributed by atoms with van der Waals surface area (Å²) in [6, 6.07) is 11.3. The number of ether oxygens (including phenoxy) is 1. The predicted molar refractivity (Wildman–Crippen MR) is 94.5 cm³/mol. The van der Waals surface area contributed by atoms with Gasteiger partial charge in [-0.2, -0.15) is 0 Å². The molecule has 1 aliphatic rings. The summed E-state index contributed by atoms with van der Waals surface area (Å²) in [5.41, 5.74) is 2.43. The molecule has 0 bridgehead atoms. The van der Waals surface area contributed by atoms with Gasteiger partial charge in [0.1, 0.15) is 6.04 Å². The van der Waals surface area contributed by atoms with E-state index in [9.17, 15) is 9.59 Å². The minimum absolute atomic E-state index is 0.0121. The molecule has 2 N–H and O–H groups in total. The molecule has 2 atom stereocenters. The molecule has 1 saturated heterocycles. The number of rotatable bonds is 5. The Morgan fingerprint density at radius 2 is 2.04 bits per heavy atom. The molecule has 1 aliphatic heterocycles. The van der Waals surface area contributed by atoms with E-state index in [1.54, 1.807) is 24.3 Å². The Kier molecular flexibility index (Phi) is 5.19. The largest absolute Gasteiger partial charge is 0.465 e. The third kappa shape index (κ3) is 3.91. The number of benzene rings is 1. The highest BCUT2D eigenvalue weighted by atomic mass is 16.5. The predicted octanol–water partition coefficient (Wildman–Crippen LogP) is 1.17. The van der Waals surface area contributed by atoms with Crippen molar-refractivity contribution in [2.45, 2.75) is 18.9 Å². The van der Waals surface area contributed by atoms with E-state index in [-0.39, 0.29) is 11.9 Å². The second-order valence-corrected chi connectivity index (χ2v) is 6.44. The lowest BCUT2D eigenvalue weighted by atomic mass is 10.1. The number of aromatic nitrogens is 1. The van der Waals surface area contributed by atoms with Crippen LogP contribution in [0.4, 0.5) is 5.69 Å². The van der Waals surface area contributed by atoms with Crippen LogP contribution < -0.4 is 10.2 Å². The fourth-order valence-electron chi connectivity index (χ4n) is 3.54. The number of esters is 1. The van der Waals surface area contributed by atoms with E-state index in [0.29, 0.717) is 23.8 Å². The van der Waals surface area contributed by atoms with Gasteiger partial charge in [-0.05, 0) is 36.4 Å². The quantitative estimate of drug-likeness (QED) is 0.802. The fraction of sp³-hybridized carbons (Fsp3) is 0.368. The zero-order chi connectivity index (χ0) is 17.8. The Morgan fingerprint density at radius 3 is 2.68 bits per heavy atom. The first-order chi connectivity index (χ1) is 12.1. The van der Waals surface area contributed by atoms with Crippen LogP contribution in [0.3, 0.4) is 0 Å². The van der Waals surface area contributed by atoms with Gasteiger partial charge >= 0.3 is 5.97 Å². The molecule has 132 valence electrons. The van der Waals surface area contributed by atoms with Crippen molar-refractivity contribution in [3.05, 3.63) is 53.9 Å². The second kappa shape index (κ2) is 7.53. The Balaban J connectivity index is 1.60. The van der Waals surface area contributed by atoms with E-state index >= 15 is 0 Å². The van der Waals surface area contributed by atoms with Gasteiger partial charge in [0.15, 0.2) is 6.54 Å². The monoisotopic (exact) mass is 342 g/mol. The van der Waals surface area contributed by atoms with Gasteiger partial charge in [0.2, 0.25) is 0 Å². The van der Waals surface area contributed by atoms with Crippen LogP contribution in [0.2, 0.25) is 0 Å². The molecule has 6 nitrogen and oxygen atoms in total. The molecule has 6 heteroatoms. The molecular weight excluding hydrogens is 318 g/mol. The Bertz CT molecular complexity index is 752. The highest BCUT2D eigenvalue weighted by Gasteiger charge is 2.32. The molecule has 2 aromatic rings. The van der Waals surface area contributed by atoms with E-state index in [1.807, 2.05) is 19.3 Å². The van der Waals surface area contributed by atoms with Gasteiger partial charge in [0, 0.05) is 31.8 Å². The summed E-state index contributed by atoms with van der Waals surface area (Å²) >= 11 is 0. The zero-order valence-corrected chi connectivity index (χ0v) is 14.6. The lowest BCUT2D eigenvalue weighted by molar-refractivity contribution is -0.910. The number of hydrogen-bond acceptors (Lipinski definition) is 3. The number of amides is 1. The van der Waals surface area contributed by atoms with Gasteiger partial charge in [-0.25, -0.2) is 4.79 Å². The van der Waals surface area contributed by atoms with E-state index in [4.69, 9.17) is 0 Å². The lowest BCUT2D eigenvalue weighted by Crippen LogP contribution is -3.11. The highest BCUT2D eigenvalue weighted by molar-refractivity contribution is 5.93. The molecule has 1 aromatic carbocycles. The molecule has 1 unspecified atom stereocenters. The van der Waals surface area contributed by atoms with Gasteiger partial charge < -0.3 is 19.5 Å². The van der Waals surface area contributed by atoms with Crippen LogP contribution >= 0.6 is 0 Å². The zero-order valence-electron chi connectivity index (χ0n) is 14.6. The van der Waals surface area contributed by atoms with Gasteiger partial charge in [0.25, 0.3) is 5.91 Å². The van der Waals surface area contributed by atoms with Crippen molar-refractivity contribution in [3.8, 4) is 0 Å². The summed E-state index contributed by atoms with van der Waals surface area (Å²) in [5, 5.41) is 2.91. The SMILES string of the molecule is COC(=O)c1ccc(NC(=O)C[NH+]2CCC[C@@H]2c2cccn2C)cc1. The summed E-state index contributed by atoms with van der Waals surface area (Å²) in [7, 11) is 3.40.